The Morgan fingerprint density at radius 1 is 1.38 bits per heavy atom. The smallest absolute Gasteiger partial charge is 0.223 e. The van der Waals surface area contributed by atoms with Crippen molar-refractivity contribution in [3.8, 4) is 0 Å². The van der Waals surface area contributed by atoms with E-state index in [-0.39, 0.29) is 24.7 Å². The lowest BCUT2D eigenvalue weighted by Gasteiger charge is -2.18. The van der Waals surface area contributed by atoms with Crippen LogP contribution in [0.5, 0.6) is 0 Å². The Labute approximate surface area is 148 Å². The Hall–Kier alpha value is -1.15. The first-order valence-electron chi connectivity index (χ1n) is 7.79. The Bertz CT molecular complexity index is 693. The first-order chi connectivity index (χ1) is 11.2. The largest absolute Gasteiger partial charge is 0.391 e. The Morgan fingerprint density at radius 3 is 2.71 bits per heavy atom. The Balaban J connectivity index is 1.90. The maximum Gasteiger partial charge on any atom is 0.223 e. The van der Waals surface area contributed by atoms with E-state index in [1.165, 1.54) is 14.1 Å². The van der Waals surface area contributed by atoms with Crippen molar-refractivity contribution in [3.63, 3.8) is 0 Å². The molecule has 1 amide bonds. The van der Waals surface area contributed by atoms with Crippen molar-refractivity contribution in [3.05, 3.63) is 34.9 Å². The van der Waals surface area contributed by atoms with Gasteiger partial charge in [-0.05, 0) is 24.1 Å². The zero-order chi connectivity index (χ0) is 17.9. The first-order valence-corrected chi connectivity index (χ1v) is 9.78. The molecule has 2 rings (SSSR count). The highest BCUT2D eigenvalue weighted by Crippen LogP contribution is 2.21. The molecule has 134 valence electrons. The van der Waals surface area contributed by atoms with E-state index in [0.717, 1.165) is 9.87 Å². The fraction of sp³-hybridized carbons (Fsp3) is 0.562. The van der Waals surface area contributed by atoms with Crippen molar-refractivity contribution < 1.29 is 18.3 Å². The van der Waals surface area contributed by atoms with Crippen LogP contribution in [0.25, 0.3) is 0 Å². The van der Waals surface area contributed by atoms with E-state index in [2.05, 4.69) is 0 Å². The van der Waals surface area contributed by atoms with Gasteiger partial charge in [0.15, 0.2) is 0 Å². The summed E-state index contributed by atoms with van der Waals surface area (Å²) in [6, 6.07) is 7.34. The summed E-state index contributed by atoms with van der Waals surface area (Å²) in [5.41, 5.74) is 0.974. The van der Waals surface area contributed by atoms with Gasteiger partial charge in [-0.25, -0.2) is 12.7 Å². The van der Waals surface area contributed by atoms with Crippen LogP contribution in [0.2, 0.25) is 5.02 Å². The second-order valence-electron chi connectivity index (χ2n) is 6.32. The van der Waals surface area contributed by atoms with Crippen molar-refractivity contribution in [2.45, 2.75) is 18.9 Å². The minimum atomic E-state index is -3.40. The fourth-order valence-corrected chi connectivity index (χ4v) is 4.12. The van der Waals surface area contributed by atoms with E-state index in [1.54, 1.807) is 11.0 Å². The van der Waals surface area contributed by atoms with Gasteiger partial charge in [0.2, 0.25) is 15.9 Å². The molecule has 0 bridgehead atoms. The van der Waals surface area contributed by atoms with Gasteiger partial charge in [0.25, 0.3) is 0 Å². The van der Waals surface area contributed by atoms with Crippen molar-refractivity contribution in [2.24, 2.45) is 5.92 Å². The molecule has 1 fully saturated rings. The van der Waals surface area contributed by atoms with E-state index in [4.69, 9.17) is 11.6 Å². The van der Waals surface area contributed by atoms with Crippen LogP contribution in [0.3, 0.4) is 0 Å². The van der Waals surface area contributed by atoms with Gasteiger partial charge in [-0.2, -0.15) is 0 Å². The summed E-state index contributed by atoms with van der Waals surface area (Å²) < 4.78 is 25.0. The summed E-state index contributed by atoms with van der Waals surface area (Å²) >= 11 is 5.92. The third-order valence-electron chi connectivity index (χ3n) is 4.26. The minimum absolute atomic E-state index is 0.0845. The zero-order valence-electron chi connectivity index (χ0n) is 13.9. The molecule has 0 saturated carbocycles. The molecule has 0 aromatic heterocycles. The van der Waals surface area contributed by atoms with Gasteiger partial charge in [0, 0.05) is 44.5 Å². The standard InChI is InChI=1S/C16H23ClN2O4S/c1-18(2)24(22,23)11-13-9-19(10-15(13)20)16(21)7-6-12-4-3-5-14(17)8-12/h3-5,8,13,15,20H,6-7,9-11H2,1-2H3/t13-,15+/m0/s1. The molecule has 1 heterocycles. The number of aliphatic hydroxyl groups excluding tert-OH is 1. The summed E-state index contributed by atoms with van der Waals surface area (Å²) in [7, 11) is -0.477. The lowest BCUT2D eigenvalue weighted by Crippen LogP contribution is -2.33. The van der Waals surface area contributed by atoms with Crippen LogP contribution in [-0.4, -0.2) is 67.7 Å². The predicted molar refractivity (Wildman–Crippen MR) is 93.3 cm³/mol. The molecule has 1 saturated heterocycles. The first kappa shape index (κ1) is 19.2. The van der Waals surface area contributed by atoms with Gasteiger partial charge in [-0.1, -0.05) is 23.7 Å². The highest BCUT2D eigenvalue weighted by molar-refractivity contribution is 7.89. The molecule has 0 aliphatic carbocycles. The van der Waals surface area contributed by atoms with Gasteiger partial charge < -0.3 is 10.0 Å². The monoisotopic (exact) mass is 374 g/mol. The quantitative estimate of drug-likeness (QED) is 0.805. The number of hydrogen-bond donors (Lipinski definition) is 1. The van der Waals surface area contributed by atoms with Crippen LogP contribution in [-0.2, 0) is 21.2 Å². The highest BCUT2D eigenvalue weighted by atomic mass is 35.5. The third-order valence-corrected chi connectivity index (χ3v) is 6.45. The number of sulfonamides is 1. The molecular formula is C16H23ClN2O4S. The van der Waals surface area contributed by atoms with Crippen LogP contribution < -0.4 is 0 Å². The normalized spacial score (nSPS) is 21.5. The molecule has 0 radical (unpaired) electrons. The van der Waals surface area contributed by atoms with Gasteiger partial charge in [-0.3, -0.25) is 4.79 Å². The molecule has 1 N–H and O–H groups in total. The number of amides is 1. The minimum Gasteiger partial charge on any atom is -0.391 e. The van der Waals surface area contributed by atoms with E-state index in [0.29, 0.717) is 17.9 Å². The van der Waals surface area contributed by atoms with Gasteiger partial charge in [-0.15, -0.1) is 0 Å². The average Bonchev–Trinajstić information content (AvgIpc) is 2.85. The van der Waals surface area contributed by atoms with Crippen LogP contribution in [0, 0.1) is 5.92 Å². The molecule has 1 aromatic carbocycles. The number of rotatable bonds is 6. The van der Waals surface area contributed by atoms with Crippen LogP contribution in [0.4, 0.5) is 0 Å². The maximum absolute atomic E-state index is 12.3. The zero-order valence-corrected chi connectivity index (χ0v) is 15.4. The SMILES string of the molecule is CN(C)S(=O)(=O)C[C@@H]1CN(C(=O)CCc2cccc(Cl)c2)C[C@H]1O. The molecule has 6 nitrogen and oxygen atoms in total. The number of carbonyl (C=O) groups excluding carboxylic acids is 1. The molecule has 0 spiro atoms. The van der Waals surface area contributed by atoms with Gasteiger partial charge >= 0.3 is 0 Å². The summed E-state index contributed by atoms with van der Waals surface area (Å²) in [5.74, 6) is -0.689. The lowest BCUT2D eigenvalue weighted by molar-refractivity contribution is -0.130. The number of benzene rings is 1. The highest BCUT2D eigenvalue weighted by Gasteiger charge is 2.37. The molecule has 0 unspecified atom stereocenters. The number of aliphatic hydroxyl groups is 1. The lowest BCUT2D eigenvalue weighted by atomic mass is 10.1. The number of aryl methyl sites for hydroxylation is 1. The van der Waals surface area contributed by atoms with E-state index in [1.807, 2.05) is 18.2 Å². The molecule has 2 atom stereocenters. The molecule has 1 aliphatic heterocycles. The third kappa shape index (κ3) is 4.92. The maximum atomic E-state index is 12.3. The van der Waals surface area contributed by atoms with Crippen LogP contribution >= 0.6 is 11.6 Å². The van der Waals surface area contributed by atoms with E-state index >= 15 is 0 Å². The fourth-order valence-electron chi connectivity index (χ4n) is 2.74. The Kier molecular flexibility index (Phi) is 6.25. The molecule has 8 heteroatoms. The van der Waals surface area contributed by atoms with Crippen molar-refractivity contribution in [1.82, 2.24) is 9.21 Å². The topological polar surface area (TPSA) is 77.9 Å². The van der Waals surface area contributed by atoms with E-state index in [9.17, 15) is 18.3 Å². The molecule has 1 aromatic rings. The predicted octanol–water partition coefficient (Wildman–Crippen LogP) is 0.983. The van der Waals surface area contributed by atoms with Crippen molar-refractivity contribution >= 4 is 27.5 Å². The van der Waals surface area contributed by atoms with Gasteiger partial charge in [0.05, 0.1) is 11.9 Å². The number of carbonyl (C=O) groups is 1. The Morgan fingerprint density at radius 2 is 2.08 bits per heavy atom. The molecule has 1 aliphatic rings. The summed E-state index contributed by atoms with van der Waals surface area (Å²) in [6.45, 7) is 0.449. The summed E-state index contributed by atoms with van der Waals surface area (Å²) in [4.78, 5) is 13.9. The van der Waals surface area contributed by atoms with Crippen LogP contribution in [0.15, 0.2) is 24.3 Å². The summed E-state index contributed by atoms with van der Waals surface area (Å²) in [5, 5.41) is 10.7. The second kappa shape index (κ2) is 7.82. The second-order valence-corrected chi connectivity index (χ2v) is 8.98. The summed E-state index contributed by atoms with van der Waals surface area (Å²) in [6.07, 6.45) is 0.0576. The van der Waals surface area contributed by atoms with E-state index < -0.39 is 22.0 Å². The number of hydrogen-bond acceptors (Lipinski definition) is 4. The number of nitrogens with zero attached hydrogens (tertiary/aromatic N) is 2. The number of halogens is 1. The molecule has 24 heavy (non-hydrogen) atoms. The number of β-amino-alcohol motifs (C(OH)–C–C–N with tert-alkyl or cyclic N) is 1. The average molecular weight is 375 g/mol. The van der Waals surface area contributed by atoms with Gasteiger partial charge in [0.1, 0.15) is 0 Å². The molecular weight excluding hydrogens is 352 g/mol. The number of likely N-dealkylation sites (tertiary alicyclic amines) is 1. The van der Waals surface area contributed by atoms with Crippen molar-refractivity contribution in [1.29, 1.82) is 0 Å². The van der Waals surface area contributed by atoms with Crippen LogP contribution in [0.1, 0.15) is 12.0 Å². The van der Waals surface area contributed by atoms with Crippen molar-refractivity contribution in [2.75, 3.05) is 32.9 Å².